The zero-order valence-electron chi connectivity index (χ0n) is 23.1. The fraction of sp³-hybridized carbons (Fsp3) is 0.483. The fourth-order valence-corrected chi connectivity index (χ4v) is 5.81. The zero-order chi connectivity index (χ0) is 27.7. The number of nitrogens with zero attached hydrogens (tertiary/aromatic N) is 4. The fourth-order valence-electron chi connectivity index (χ4n) is 5.81. The molecule has 5 rings (SSSR count). The third kappa shape index (κ3) is 5.13. The third-order valence-corrected chi connectivity index (χ3v) is 7.75. The molecule has 39 heavy (non-hydrogen) atoms. The van der Waals surface area contributed by atoms with Crippen LogP contribution in [-0.4, -0.2) is 75.3 Å². The van der Waals surface area contributed by atoms with Crippen molar-refractivity contribution in [2.45, 2.75) is 71.1 Å². The highest BCUT2D eigenvalue weighted by molar-refractivity contribution is 6.02. The Morgan fingerprint density at radius 3 is 2.69 bits per heavy atom. The summed E-state index contributed by atoms with van der Waals surface area (Å²) < 4.78 is 0. The van der Waals surface area contributed by atoms with Crippen molar-refractivity contribution in [3.63, 3.8) is 0 Å². The highest BCUT2D eigenvalue weighted by atomic mass is 16.2. The Morgan fingerprint density at radius 1 is 1.23 bits per heavy atom. The molecule has 2 amide bonds. The van der Waals surface area contributed by atoms with Gasteiger partial charge in [-0.25, -0.2) is 4.98 Å². The Balaban J connectivity index is 1.55. The van der Waals surface area contributed by atoms with Gasteiger partial charge >= 0.3 is 0 Å². The molecule has 0 aliphatic carbocycles. The van der Waals surface area contributed by atoms with Crippen LogP contribution >= 0.6 is 0 Å². The molecule has 2 atom stereocenters. The van der Waals surface area contributed by atoms with E-state index in [0.29, 0.717) is 5.56 Å². The second-order valence-corrected chi connectivity index (χ2v) is 10.8. The number of benzene rings is 1. The largest absolute Gasteiger partial charge is 0.365 e. The smallest absolute Gasteiger partial charge is 0.255 e. The van der Waals surface area contributed by atoms with Crippen molar-refractivity contribution in [3.8, 4) is 11.3 Å². The van der Waals surface area contributed by atoms with Gasteiger partial charge in [-0.3, -0.25) is 19.6 Å². The first-order chi connectivity index (χ1) is 18.8. The first-order valence-electron chi connectivity index (χ1n) is 13.8. The Kier molecular flexibility index (Phi) is 7.65. The molecule has 2 aliphatic heterocycles. The molecule has 206 valence electrons. The van der Waals surface area contributed by atoms with Crippen LogP contribution in [0.2, 0.25) is 0 Å². The highest BCUT2D eigenvalue weighted by Gasteiger charge is 2.41. The molecule has 2 aliphatic rings. The number of amides is 2. The molecule has 1 fully saturated rings. The van der Waals surface area contributed by atoms with Gasteiger partial charge in [-0.1, -0.05) is 6.07 Å². The van der Waals surface area contributed by atoms with Crippen molar-refractivity contribution in [1.29, 1.82) is 0 Å². The summed E-state index contributed by atoms with van der Waals surface area (Å²) in [4.78, 5) is 46.2. The summed E-state index contributed by atoms with van der Waals surface area (Å²) in [6, 6.07) is 7.07. The molecule has 0 bridgehead atoms. The van der Waals surface area contributed by atoms with Crippen molar-refractivity contribution in [1.82, 2.24) is 30.3 Å². The van der Waals surface area contributed by atoms with Gasteiger partial charge in [-0.2, -0.15) is 5.10 Å². The summed E-state index contributed by atoms with van der Waals surface area (Å²) >= 11 is 0. The molecule has 0 spiro atoms. The quantitative estimate of drug-likeness (QED) is 0.341. The van der Waals surface area contributed by atoms with Crippen LogP contribution in [0.15, 0.2) is 24.3 Å². The summed E-state index contributed by atoms with van der Waals surface area (Å²) in [5, 5.41) is 13.8. The summed E-state index contributed by atoms with van der Waals surface area (Å²) in [7, 11) is 1.55. The normalized spacial score (nSPS) is 18.1. The Bertz CT molecular complexity index is 1390. The van der Waals surface area contributed by atoms with Crippen LogP contribution in [0.5, 0.6) is 0 Å². The van der Waals surface area contributed by atoms with Crippen molar-refractivity contribution in [3.05, 3.63) is 41.0 Å². The van der Waals surface area contributed by atoms with Crippen molar-refractivity contribution in [2.75, 3.05) is 25.5 Å². The number of nitrogens with one attached hydrogen (secondary N) is 3. The van der Waals surface area contributed by atoms with Gasteiger partial charge in [0, 0.05) is 37.2 Å². The molecule has 10 nitrogen and oxygen atoms in total. The molecule has 3 aromatic rings. The van der Waals surface area contributed by atoms with Crippen molar-refractivity contribution >= 4 is 35.0 Å². The van der Waals surface area contributed by atoms with Gasteiger partial charge in [-0.05, 0) is 82.4 Å². The highest BCUT2D eigenvalue weighted by Crippen LogP contribution is 2.39. The van der Waals surface area contributed by atoms with Gasteiger partial charge in [0.05, 0.1) is 17.3 Å². The molecule has 4 heterocycles. The van der Waals surface area contributed by atoms with Gasteiger partial charge in [0.2, 0.25) is 5.91 Å². The minimum atomic E-state index is -0.712. The Morgan fingerprint density at radius 2 is 2.00 bits per heavy atom. The number of aromatic nitrogens is 3. The number of aldehydes is 1. The van der Waals surface area contributed by atoms with Gasteiger partial charge in [0.15, 0.2) is 5.82 Å². The maximum Gasteiger partial charge on any atom is 0.255 e. The second kappa shape index (κ2) is 11.1. The van der Waals surface area contributed by atoms with Crippen LogP contribution in [0.25, 0.3) is 22.3 Å². The van der Waals surface area contributed by atoms with E-state index >= 15 is 0 Å². The molecule has 3 N–H and O–H groups in total. The number of anilines is 1. The summed E-state index contributed by atoms with van der Waals surface area (Å²) in [5.74, 6) is 0.262. The number of hydrogen-bond acceptors (Lipinski definition) is 7. The molecular formula is C29H37N7O3. The molecule has 0 radical (unpaired) electrons. The first kappa shape index (κ1) is 26.8. The summed E-state index contributed by atoms with van der Waals surface area (Å²) in [5.41, 5.74) is 6.03. The van der Waals surface area contributed by atoms with E-state index in [4.69, 9.17) is 4.98 Å². The van der Waals surface area contributed by atoms with Gasteiger partial charge < -0.3 is 20.3 Å². The number of carbonyl (C=O) groups excluding carboxylic acids is 3. The number of carbonyl (C=O) groups is 3. The molecule has 10 heteroatoms. The van der Waals surface area contributed by atoms with Gasteiger partial charge in [0.25, 0.3) is 5.91 Å². The predicted octanol–water partition coefficient (Wildman–Crippen LogP) is 3.65. The van der Waals surface area contributed by atoms with Gasteiger partial charge in [0.1, 0.15) is 17.8 Å². The third-order valence-electron chi connectivity index (χ3n) is 7.75. The van der Waals surface area contributed by atoms with E-state index in [2.05, 4.69) is 45.6 Å². The van der Waals surface area contributed by atoms with Crippen molar-refractivity contribution < 1.29 is 14.4 Å². The predicted molar refractivity (Wildman–Crippen MR) is 150 cm³/mol. The number of pyridine rings is 1. The van der Waals surface area contributed by atoms with Crippen molar-refractivity contribution in [2.24, 2.45) is 0 Å². The minimum Gasteiger partial charge on any atom is -0.365 e. The number of likely N-dealkylation sites (tertiary alicyclic amines) is 1. The second-order valence-electron chi connectivity index (χ2n) is 10.8. The molecule has 2 aromatic heterocycles. The van der Waals surface area contributed by atoms with Crippen LogP contribution in [0.4, 0.5) is 5.82 Å². The topological polar surface area (TPSA) is 123 Å². The minimum absolute atomic E-state index is 0.195. The van der Waals surface area contributed by atoms with Crippen LogP contribution in [0.1, 0.15) is 74.0 Å². The van der Waals surface area contributed by atoms with Crippen LogP contribution in [0.3, 0.4) is 0 Å². The average molecular weight is 532 g/mol. The standard InChI is InChI=1S/C29H37N7O3/c1-17(2)31-27-26-25(33-34-27)20(16-35-11-5-6-12-35)15-23(32-26)19-9-10-21-22(14-19)18(3)36(29(21)39)24(8-7-13-37)28(38)30-4/h9-10,13-15,17-18,24H,5-8,11-12,16H2,1-4H3,(H,30,38)(H2,31,33,34). The number of H-pyrrole nitrogens is 1. The molecule has 1 aromatic carbocycles. The average Bonchev–Trinajstić information content (AvgIpc) is 3.64. The molecule has 2 unspecified atom stereocenters. The van der Waals surface area contributed by atoms with Crippen LogP contribution in [0, 0.1) is 0 Å². The lowest BCUT2D eigenvalue weighted by molar-refractivity contribution is -0.126. The van der Waals surface area contributed by atoms with E-state index in [1.807, 2.05) is 25.1 Å². The zero-order valence-corrected chi connectivity index (χ0v) is 23.1. The van der Waals surface area contributed by atoms with E-state index in [9.17, 15) is 14.4 Å². The number of aromatic amines is 1. The number of likely N-dealkylation sites (N-methyl/N-ethyl adjacent to an activating group) is 1. The lowest BCUT2D eigenvalue weighted by atomic mass is 9.99. The van der Waals surface area contributed by atoms with E-state index in [-0.39, 0.29) is 36.7 Å². The summed E-state index contributed by atoms with van der Waals surface area (Å²) in [6.45, 7) is 9.04. The van der Waals surface area contributed by atoms with E-state index < -0.39 is 6.04 Å². The molecular weight excluding hydrogens is 494 g/mol. The lowest BCUT2D eigenvalue weighted by Gasteiger charge is -2.30. The first-order valence-corrected chi connectivity index (χ1v) is 13.8. The number of fused-ring (bicyclic) bond motifs is 2. The van der Waals surface area contributed by atoms with E-state index in [0.717, 1.165) is 65.2 Å². The van der Waals surface area contributed by atoms with E-state index in [1.165, 1.54) is 12.8 Å². The monoisotopic (exact) mass is 531 g/mol. The lowest BCUT2D eigenvalue weighted by Crippen LogP contribution is -2.47. The number of rotatable bonds is 10. The SMILES string of the molecule is CNC(=O)C(CCC=O)N1C(=O)c2ccc(-c3cc(CN4CCCC4)c4[nH]nc(NC(C)C)c4n3)cc2C1C. The van der Waals surface area contributed by atoms with Crippen LogP contribution < -0.4 is 10.6 Å². The Labute approximate surface area is 228 Å². The molecule has 1 saturated heterocycles. The maximum atomic E-state index is 13.4. The number of hydrogen-bond donors (Lipinski definition) is 3. The maximum absolute atomic E-state index is 13.4. The van der Waals surface area contributed by atoms with Crippen LogP contribution in [-0.2, 0) is 16.1 Å². The summed E-state index contributed by atoms with van der Waals surface area (Å²) in [6.07, 6.45) is 3.69. The van der Waals surface area contributed by atoms with E-state index in [1.54, 1.807) is 11.9 Å². The van der Waals surface area contributed by atoms with Gasteiger partial charge in [-0.15, -0.1) is 0 Å². The Hall–Kier alpha value is -3.79. The molecule has 0 saturated carbocycles.